The number of rotatable bonds is 5. The van der Waals surface area contributed by atoms with Gasteiger partial charge in [0.15, 0.2) is 0 Å². The van der Waals surface area contributed by atoms with E-state index in [-0.39, 0.29) is 5.54 Å². The van der Waals surface area contributed by atoms with Gasteiger partial charge in [-0.2, -0.15) is 0 Å². The number of hydrogen-bond donors (Lipinski definition) is 1. The molecule has 0 radical (unpaired) electrons. The fourth-order valence-electron chi connectivity index (χ4n) is 2.53. The summed E-state index contributed by atoms with van der Waals surface area (Å²) in [5, 5.41) is 0.749. The van der Waals surface area contributed by atoms with E-state index in [0.717, 1.165) is 47.7 Å². The van der Waals surface area contributed by atoms with Crippen molar-refractivity contribution in [3.05, 3.63) is 29.0 Å². The van der Waals surface area contributed by atoms with Gasteiger partial charge in [0, 0.05) is 6.54 Å². The summed E-state index contributed by atoms with van der Waals surface area (Å²) in [4.78, 5) is 4.76. The summed E-state index contributed by atoms with van der Waals surface area (Å²) in [6, 6.07) is 5.86. The summed E-state index contributed by atoms with van der Waals surface area (Å²) >= 11 is 6.35. The average Bonchev–Trinajstić information content (AvgIpc) is 2.79. The number of imidazole rings is 1. The minimum Gasteiger partial charge on any atom is -0.325 e. The Hall–Kier alpha value is -1.06. The van der Waals surface area contributed by atoms with Crippen LogP contribution in [0.5, 0.6) is 0 Å². The van der Waals surface area contributed by atoms with Crippen molar-refractivity contribution >= 4 is 22.6 Å². The SMILES string of the molecule is CCCn1c(C(N)(CC)CC)nc2cccc(Cl)c21. The Labute approximate surface area is 119 Å². The maximum Gasteiger partial charge on any atom is 0.130 e. The Kier molecular flexibility index (Phi) is 4.16. The van der Waals surface area contributed by atoms with Gasteiger partial charge in [0.1, 0.15) is 5.82 Å². The van der Waals surface area contributed by atoms with Crippen LogP contribution in [-0.2, 0) is 12.1 Å². The first-order valence-electron chi connectivity index (χ1n) is 7.01. The molecule has 0 aliphatic carbocycles. The van der Waals surface area contributed by atoms with Crippen LogP contribution in [-0.4, -0.2) is 9.55 Å². The molecule has 2 aromatic rings. The lowest BCUT2D eigenvalue weighted by Crippen LogP contribution is -2.38. The lowest BCUT2D eigenvalue weighted by Gasteiger charge is -2.27. The van der Waals surface area contributed by atoms with Gasteiger partial charge in [0.25, 0.3) is 0 Å². The Morgan fingerprint density at radius 1 is 1.26 bits per heavy atom. The van der Waals surface area contributed by atoms with Gasteiger partial charge in [-0.25, -0.2) is 4.98 Å². The highest BCUT2D eigenvalue weighted by atomic mass is 35.5. The zero-order valence-corrected chi connectivity index (χ0v) is 12.7. The number of benzene rings is 1. The number of halogens is 1. The lowest BCUT2D eigenvalue weighted by atomic mass is 9.93. The number of nitrogens with two attached hydrogens (primary N) is 1. The highest BCUT2D eigenvalue weighted by Gasteiger charge is 2.30. The van der Waals surface area contributed by atoms with Crippen LogP contribution >= 0.6 is 11.6 Å². The summed E-state index contributed by atoms with van der Waals surface area (Å²) < 4.78 is 2.20. The molecule has 0 bridgehead atoms. The van der Waals surface area contributed by atoms with Gasteiger partial charge in [-0.15, -0.1) is 0 Å². The molecule has 2 N–H and O–H groups in total. The molecule has 1 aromatic carbocycles. The first kappa shape index (κ1) is 14.4. The summed E-state index contributed by atoms with van der Waals surface area (Å²) in [7, 11) is 0. The molecule has 0 amide bonds. The minimum absolute atomic E-state index is 0.377. The number of para-hydroxylation sites is 1. The van der Waals surface area contributed by atoms with Crippen molar-refractivity contribution in [2.75, 3.05) is 0 Å². The second kappa shape index (κ2) is 5.51. The van der Waals surface area contributed by atoms with Crippen LogP contribution in [0.15, 0.2) is 18.2 Å². The first-order valence-corrected chi connectivity index (χ1v) is 7.39. The highest BCUT2D eigenvalue weighted by Crippen LogP contribution is 2.31. The Morgan fingerprint density at radius 3 is 2.53 bits per heavy atom. The smallest absolute Gasteiger partial charge is 0.130 e. The highest BCUT2D eigenvalue weighted by molar-refractivity contribution is 6.35. The molecule has 104 valence electrons. The molecular formula is C15H22ClN3. The van der Waals surface area contributed by atoms with Crippen LogP contribution in [0.1, 0.15) is 45.9 Å². The third kappa shape index (κ3) is 2.37. The Morgan fingerprint density at radius 2 is 1.95 bits per heavy atom. The van der Waals surface area contributed by atoms with Crippen molar-refractivity contribution in [3.63, 3.8) is 0 Å². The van der Waals surface area contributed by atoms with Crippen LogP contribution in [0.25, 0.3) is 11.0 Å². The monoisotopic (exact) mass is 279 g/mol. The molecule has 1 aromatic heterocycles. The molecule has 2 rings (SSSR count). The van der Waals surface area contributed by atoms with E-state index in [0.29, 0.717) is 0 Å². The molecule has 3 nitrogen and oxygen atoms in total. The molecule has 0 atom stereocenters. The second-order valence-electron chi connectivity index (χ2n) is 5.06. The molecule has 0 fully saturated rings. The van der Waals surface area contributed by atoms with Gasteiger partial charge in [0.05, 0.1) is 21.6 Å². The molecule has 1 heterocycles. The van der Waals surface area contributed by atoms with E-state index in [9.17, 15) is 0 Å². The third-order valence-electron chi connectivity index (χ3n) is 3.87. The van der Waals surface area contributed by atoms with E-state index in [4.69, 9.17) is 22.3 Å². The van der Waals surface area contributed by atoms with E-state index in [2.05, 4.69) is 25.3 Å². The van der Waals surface area contributed by atoms with Crippen molar-refractivity contribution < 1.29 is 0 Å². The average molecular weight is 280 g/mol. The maximum absolute atomic E-state index is 6.54. The lowest BCUT2D eigenvalue weighted by molar-refractivity contribution is 0.370. The molecule has 0 aliphatic heterocycles. The largest absolute Gasteiger partial charge is 0.325 e. The van der Waals surface area contributed by atoms with E-state index in [1.54, 1.807) is 0 Å². The standard InChI is InChI=1S/C15H22ClN3/c1-4-10-19-13-11(16)8-7-9-12(13)18-14(19)15(17,5-2)6-3/h7-9H,4-6,10,17H2,1-3H3. The van der Waals surface area contributed by atoms with Crippen molar-refractivity contribution in [1.82, 2.24) is 9.55 Å². The number of fused-ring (bicyclic) bond motifs is 1. The van der Waals surface area contributed by atoms with Crippen LogP contribution in [0, 0.1) is 0 Å². The maximum atomic E-state index is 6.54. The summed E-state index contributed by atoms with van der Waals surface area (Å²) in [5.41, 5.74) is 8.11. The van der Waals surface area contributed by atoms with Gasteiger partial charge in [-0.3, -0.25) is 0 Å². The molecule has 0 saturated heterocycles. The topological polar surface area (TPSA) is 43.8 Å². The van der Waals surface area contributed by atoms with Crippen molar-refractivity contribution in [1.29, 1.82) is 0 Å². The molecule has 0 aliphatic rings. The fraction of sp³-hybridized carbons (Fsp3) is 0.533. The second-order valence-corrected chi connectivity index (χ2v) is 5.47. The molecule has 19 heavy (non-hydrogen) atoms. The molecule has 0 unspecified atom stereocenters. The van der Waals surface area contributed by atoms with E-state index in [1.165, 1.54) is 0 Å². The molecule has 0 saturated carbocycles. The van der Waals surface area contributed by atoms with Crippen molar-refractivity contribution in [2.45, 2.75) is 52.1 Å². The number of hydrogen-bond acceptors (Lipinski definition) is 2. The van der Waals surface area contributed by atoms with E-state index >= 15 is 0 Å². The third-order valence-corrected chi connectivity index (χ3v) is 4.18. The summed E-state index contributed by atoms with van der Waals surface area (Å²) in [6.45, 7) is 7.28. The van der Waals surface area contributed by atoms with Gasteiger partial charge >= 0.3 is 0 Å². The zero-order chi connectivity index (χ0) is 14.0. The normalized spacial score (nSPS) is 12.3. The van der Waals surface area contributed by atoms with Gasteiger partial charge in [0.2, 0.25) is 0 Å². The molecule has 4 heteroatoms. The molecular weight excluding hydrogens is 258 g/mol. The fourth-order valence-corrected chi connectivity index (χ4v) is 2.80. The van der Waals surface area contributed by atoms with Crippen LogP contribution in [0.3, 0.4) is 0 Å². The number of nitrogens with zero attached hydrogens (tertiary/aromatic N) is 2. The van der Waals surface area contributed by atoms with Crippen LogP contribution < -0.4 is 5.73 Å². The van der Waals surface area contributed by atoms with Gasteiger partial charge in [-0.05, 0) is 31.4 Å². The zero-order valence-electron chi connectivity index (χ0n) is 11.9. The summed E-state index contributed by atoms with van der Waals surface area (Å²) in [5.74, 6) is 0.961. The van der Waals surface area contributed by atoms with Gasteiger partial charge < -0.3 is 10.3 Å². The minimum atomic E-state index is -0.377. The van der Waals surface area contributed by atoms with Gasteiger partial charge in [-0.1, -0.05) is 38.4 Å². The van der Waals surface area contributed by atoms with Crippen LogP contribution in [0.2, 0.25) is 5.02 Å². The Balaban J connectivity index is 2.73. The van der Waals surface area contributed by atoms with E-state index in [1.807, 2.05) is 18.2 Å². The van der Waals surface area contributed by atoms with Crippen LogP contribution in [0.4, 0.5) is 0 Å². The van der Waals surface area contributed by atoms with E-state index < -0.39 is 0 Å². The Bertz CT molecular complexity index is 570. The first-order chi connectivity index (χ1) is 9.07. The number of aromatic nitrogens is 2. The van der Waals surface area contributed by atoms with Crippen molar-refractivity contribution in [3.8, 4) is 0 Å². The summed E-state index contributed by atoms with van der Waals surface area (Å²) in [6.07, 6.45) is 2.77. The predicted molar refractivity (Wildman–Crippen MR) is 81.5 cm³/mol. The van der Waals surface area contributed by atoms with Crippen molar-refractivity contribution in [2.24, 2.45) is 5.73 Å². The predicted octanol–water partition coefficient (Wildman–Crippen LogP) is 4.07. The quantitative estimate of drug-likeness (QED) is 0.896. The molecule has 0 spiro atoms. The number of aryl methyl sites for hydroxylation is 1.